The Morgan fingerprint density at radius 3 is 2.67 bits per heavy atom. The van der Waals surface area contributed by atoms with Crippen LogP contribution < -0.4 is 15.8 Å². The highest BCUT2D eigenvalue weighted by Gasteiger charge is 2.37. The highest BCUT2D eigenvalue weighted by molar-refractivity contribution is 6.06. The summed E-state index contributed by atoms with van der Waals surface area (Å²) in [5.74, 6) is 0.475. The molecule has 1 N–H and O–H groups in total. The van der Waals surface area contributed by atoms with Gasteiger partial charge in [-0.25, -0.2) is 4.98 Å². The molecule has 3 aliphatic rings. The van der Waals surface area contributed by atoms with Gasteiger partial charge in [-0.05, 0) is 61.6 Å². The fraction of sp³-hybridized carbons (Fsp3) is 0.441. The molecule has 1 unspecified atom stereocenters. The Labute approximate surface area is 267 Å². The van der Waals surface area contributed by atoms with Crippen LogP contribution in [0.4, 0.5) is 17.3 Å². The summed E-state index contributed by atoms with van der Waals surface area (Å²) in [7, 11) is 3.79. The molecule has 6 heterocycles. The number of rotatable bonds is 6. The molecule has 0 aromatic carbocycles. The van der Waals surface area contributed by atoms with E-state index in [1.807, 2.05) is 22.9 Å². The van der Waals surface area contributed by atoms with Crippen LogP contribution in [0.2, 0.25) is 0 Å². The molecular formula is C34H40N8O4. The predicted octanol–water partition coefficient (Wildman–Crippen LogP) is 4.04. The topological polar surface area (TPSA) is 120 Å². The van der Waals surface area contributed by atoms with E-state index < -0.39 is 5.97 Å². The molecule has 0 bridgehead atoms. The predicted molar refractivity (Wildman–Crippen MR) is 174 cm³/mol. The van der Waals surface area contributed by atoms with E-state index in [1.54, 1.807) is 30.4 Å². The first-order valence-corrected chi connectivity index (χ1v) is 15.8. The van der Waals surface area contributed by atoms with Gasteiger partial charge in [0.25, 0.3) is 11.5 Å². The Bertz CT molecular complexity index is 1950. The molecule has 12 heteroatoms. The van der Waals surface area contributed by atoms with Crippen molar-refractivity contribution in [2.75, 3.05) is 30.4 Å². The van der Waals surface area contributed by atoms with Crippen LogP contribution in [0.15, 0.2) is 41.5 Å². The summed E-state index contributed by atoms with van der Waals surface area (Å²) < 4.78 is 11.2. The summed E-state index contributed by atoms with van der Waals surface area (Å²) in [4.78, 5) is 47.9. The van der Waals surface area contributed by atoms with E-state index in [0.29, 0.717) is 52.8 Å². The lowest BCUT2D eigenvalue weighted by molar-refractivity contribution is -0.142. The number of hydrogen-bond donors (Lipinski definition) is 1. The van der Waals surface area contributed by atoms with Gasteiger partial charge in [-0.2, -0.15) is 5.10 Å². The van der Waals surface area contributed by atoms with Crippen LogP contribution in [-0.4, -0.2) is 60.8 Å². The third kappa shape index (κ3) is 5.10. The number of anilines is 3. The standard InChI is InChI=1S/C34H40N8O4/c1-20-27-15-30(37-42(27)12-9-38(20)5)36-26-13-23(18-39(6)32(26)44)24-7-8-35-31(25(24)19-46-21(2)43)41-11-10-40-28(33(41)45)14-22-16-34(3,4)17-29(22)40/h7-8,13-15,18,20H,9-12,16-17,19H2,1-6H3,(H,36,37). The lowest BCUT2D eigenvalue weighted by atomic mass is 9.90. The number of esters is 1. The van der Waals surface area contributed by atoms with Gasteiger partial charge in [0.05, 0.1) is 12.2 Å². The van der Waals surface area contributed by atoms with Crippen molar-refractivity contribution in [3.8, 4) is 11.1 Å². The summed E-state index contributed by atoms with van der Waals surface area (Å²) in [5, 5.41) is 7.97. The largest absolute Gasteiger partial charge is 0.461 e. The molecule has 0 fully saturated rings. The summed E-state index contributed by atoms with van der Waals surface area (Å²) in [6.07, 6.45) is 5.29. The highest BCUT2D eigenvalue weighted by atomic mass is 16.5. The lowest BCUT2D eigenvalue weighted by Gasteiger charge is -2.31. The normalized spacial score (nSPS) is 18.7. The molecule has 0 saturated heterocycles. The van der Waals surface area contributed by atoms with E-state index in [4.69, 9.17) is 9.84 Å². The monoisotopic (exact) mass is 624 g/mol. The van der Waals surface area contributed by atoms with E-state index in [1.165, 1.54) is 22.7 Å². The minimum Gasteiger partial charge on any atom is -0.461 e. The molecule has 4 aromatic heterocycles. The second-order valence-corrected chi connectivity index (χ2v) is 13.6. The minimum absolute atomic E-state index is 0.0753. The van der Waals surface area contributed by atoms with Gasteiger partial charge < -0.3 is 19.2 Å². The number of fused-ring (bicyclic) bond motifs is 4. The van der Waals surface area contributed by atoms with Gasteiger partial charge in [0, 0.05) is 74.9 Å². The minimum atomic E-state index is -0.440. The zero-order valence-electron chi connectivity index (χ0n) is 27.3. The number of amides is 1. The van der Waals surface area contributed by atoms with Gasteiger partial charge in [0.1, 0.15) is 23.8 Å². The van der Waals surface area contributed by atoms with E-state index in [9.17, 15) is 14.4 Å². The summed E-state index contributed by atoms with van der Waals surface area (Å²) in [5.41, 5.74) is 6.59. The Kier molecular flexibility index (Phi) is 7.15. The average Bonchev–Trinajstić information content (AvgIpc) is 3.66. The number of carbonyl (C=O) groups excluding carboxylic acids is 2. The molecule has 12 nitrogen and oxygen atoms in total. The van der Waals surface area contributed by atoms with E-state index in [0.717, 1.165) is 31.6 Å². The first-order chi connectivity index (χ1) is 21.9. The van der Waals surface area contributed by atoms with Crippen molar-refractivity contribution in [1.82, 2.24) is 28.8 Å². The third-order valence-corrected chi connectivity index (χ3v) is 9.66. The molecule has 1 amide bonds. The average molecular weight is 625 g/mol. The fourth-order valence-electron chi connectivity index (χ4n) is 7.18. The highest BCUT2D eigenvalue weighted by Crippen LogP contribution is 2.40. The number of nitrogens with zero attached hydrogens (tertiary/aromatic N) is 7. The Morgan fingerprint density at radius 2 is 1.89 bits per heavy atom. The smallest absolute Gasteiger partial charge is 0.302 e. The number of hydrogen-bond acceptors (Lipinski definition) is 8. The Hall–Kier alpha value is -4.71. The molecule has 4 aromatic rings. The van der Waals surface area contributed by atoms with E-state index >= 15 is 0 Å². The van der Waals surface area contributed by atoms with Gasteiger partial charge in [-0.3, -0.25) is 28.9 Å². The zero-order chi connectivity index (χ0) is 32.5. The van der Waals surface area contributed by atoms with Crippen LogP contribution in [0.1, 0.15) is 66.7 Å². The quantitative estimate of drug-likeness (QED) is 0.320. The molecule has 0 saturated carbocycles. The molecule has 46 heavy (non-hydrogen) atoms. The molecule has 7 rings (SSSR count). The molecule has 0 radical (unpaired) electrons. The van der Waals surface area contributed by atoms with Gasteiger partial charge in [0.15, 0.2) is 5.82 Å². The second-order valence-electron chi connectivity index (χ2n) is 13.6. The first kappa shape index (κ1) is 30.0. The Balaban J connectivity index is 1.26. The number of aryl methyl sites for hydroxylation is 1. The summed E-state index contributed by atoms with van der Waals surface area (Å²) in [6.45, 7) is 10.7. The van der Waals surface area contributed by atoms with Gasteiger partial charge in [-0.15, -0.1) is 0 Å². The van der Waals surface area contributed by atoms with Crippen molar-refractivity contribution >= 4 is 29.2 Å². The van der Waals surface area contributed by atoms with Crippen LogP contribution in [0.25, 0.3) is 11.1 Å². The molecule has 1 atom stereocenters. The van der Waals surface area contributed by atoms with Crippen molar-refractivity contribution in [1.29, 1.82) is 0 Å². The molecule has 240 valence electrons. The van der Waals surface area contributed by atoms with Crippen LogP contribution in [0.3, 0.4) is 0 Å². The van der Waals surface area contributed by atoms with Crippen molar-refractivity contribution in [3.63, 3.8) is 0 Å². The SMILES string of the molecule is CC(=O)OCc1c(-c2cc(Nc3cc4n(n3)CCN(C)C4C)c(=O)n(C)c2)ccnc1N1CCn2c(cc3c2CC(C)(C)C3)C1=O. The van der Waals surface area contributed by atoms with Crippen LogP contribution in [-0.2, 0) is 49.1 Å². The maximum atomic E-state index is 14.0. The number of carbonyl (C=O) groups is 2. The molecule has 1 aliphatic carbocycles. The summed E-state index contributed by atoms with van der Waals surface area (Å²) in [6, 6.07) is 7.83. The second kappa shape index (κ2) is 11.0. The Morgan fingerprint density at radius 1 is 1.09 bits per heavy atom. The van der Waals surface area contributed by atoms with Crippen molar-refractivity contribution in [2.24, 2.45) is 12.5 Å². The summed E-state index contributed by atoms with van der Waals surface area (Å²) >= 11 is 0. The number of ether oxygens (including phenoxy) is 1. The van der Waals surface area contributed by atoms with E-state index in [-0.39, 0.29) is 29.5 Å². The third-order valence-electron chi connectivity index (χ3n) is 9.66. The van der Waals surface area contributed by atoms with Crippen LogP contribution >= 0.6 is 0 Å². The zero-order valence-corrected chi connectivity index (χ0v) is 27.3. The fourth-order valence-corrected chi connectivity index (χ4v) is 7.18. The van der Waals surface area contributed by atoms with Crippen molar-refractivity contribution < 1.29 is 14.3 Å². The first-order valence-electron chi connectivity index (χ1n) is 15.8. The molecule has 2 aliphatic heterocycles. The maximum absolute atomic E-state index is 14.0. The molecular weight excluding hydrogens is 584 g/mol. The van der Waals surface area contributed by atoms with Crippen molar-refractivity contribution in [2.45, 2.75) is 66.3 Å². The van der Waals surface area contributed by atoms with E-state index in [2.05, 4.69) is 47.6 Å². The van der Waals surface area contributed by atoms with Gasteiger partial charge >= 0.3 is 5.97 Å². The van der Waals surface area contributed by atoms with Gasteiger partial charge in [0.2, 0.25) is 0 Å². The van der Waals surface area contributed by atoms with Crippen LogP contribution in [0, 0.1) is 5.41 Å². The number of aromatic nitrogens is 5. The lowest BCUT2D eigenvalue weighted by Crippen LogP contribution is -2.41. The number of pyridine rings is 2. The maximum Gasteiger partial charge on any atom is 0.302 e. The number of likely N-dealkylation sites (N-methyl/N-ethyl adjacent to an activating group) is 1. The number of nitrogens with one attached hydrogen (secondary N) is 1. The molecule has 0 spiro atoms. The van der Waals surface area contributed by atoms with Crippen molar-refractivity contribution in [3.05, 3.63) is 75.2 Å². The van der Waals surface area contributed by atoms with Crippen LogP contribution in [0.5, 0.6) is 0 Å². The van der Waals surface area contributed by atoms with Gasteiger partial charge in [-0.1, -0.05) is 13.8 Å².